The molecule has 0 bridgehead atoms. The van der Waals surface area contributed by atoms with Crippen LogP contribution in [0.4, 0.5) is 0 Å². The average Bonchev–Trinajstić information content (AvgIpc) is 3.15. The molecule has 2 heterocycles. The molecule has 3 aromatic rings. The van der Waals surface area contributed by atoms with Gasteiger partial charge in [-0.05, 0) is 35.4 Å². The van der Waals surface area contributed by atoms with Gasteiger partial charge in [-0.3, -0.25) is 24.2 Å². The van der Waals surface area contributed by atoms with Crippen LogP contribution in [0.1, 0.15) is 48.2 Å². The molecule has 0 N–H and O–H groups in total. The number of hydrogen-bond donors (Lipinski definition) is 0. The molecular weight excluding hydrogens is 440 g/mol. The van der Waals surface area contributed by atoms with Crippen molar-refractivity contribution in [3.63, 3.8) is 0 Å². The summed E-state index contributed by atoms with van der Waals surface area (Å²) < 4.78 is 0. The summed E-state index contributed by atoms with van der Waals surface area (Å²) in [5, 5.41) is 9.70. The molecule has 1 saturated heterocycles. The van der Waals surface area contributed by atoms with Gasteiger partial charge in [-0.25, -0.2) is 0 Å². The van der Waals surface area contributed by atoms with E-state index in [1.807, 2.05) is 36.4 Å². The zero-order chi connectivity index (χ0) is 24.4. The summed E-state index contributed by atoms with van der Waals surface area (Å²) in [7, 11) is 0. The van der Waals surface area contributed by atoms with E-state index in [0.717, 1.165) is 11.1 Å². The van der Waals surface area contributed by atoms with E-state index in [2.05, 4.69) is 11.0 Å². The van der Waals surface area contributed by atoms with Crippen LogP contribution in [-0.4, -0.2) is 58.6 Å². The second kappa shape index (κ2) is 9.53. The fraction of sp³-hybridized carbons (Fsp3) is 0.214. The molecular formula is C28H24N4O3. The van der Waals surface area contributed by atoms with Crippen molar-refractivity contribution in [2.75, 3.05) is 26.2 Å². The Balaban J connectivity index is 1.24. The Bertz CT molecular complexity index is 1290. The van der Waals surface area contributed by atoms with E-state index < -0.39 is 0 Å². The van der Waals surface area contributed by atoms with E-state index in [0.29, 0.717) is 42.9 Å². The van der Waals surface area contributed by atoms with Crippen LogP contribution in [0, 0.1) is 11.3 Å². The van der Waals surface area contributed by atoms with Crippen molar-refractivity contribution in [1.82, 2.24) is 14.7 Å². The zero-order valence-corrected chi connectivity index (χ0v) is 19.1. The van der Waals surface area contributed by atoms with E-state index in [-0.39, 0.29) is 30.3 Å². The third kappa shape index (κ3) is 4.32. The summed E-state index contributed by atoms with van der Waals surface area (Å²) in [5.74, 6) is -0.727. The second-order valence-electron chi connectivity index (χ2n) is 8.71. The van der Waals surface area contributed by atoms with Gasteiger partial charge in [0.15, 0.2) is 0 Å². The molecule has 1 fully saturated rings. The molecule has 0 saturated carbocycles. The van der Waals surface area contributed by atoms with Gasteiger partial charge in [0.2, 0.25) is 0 Å². The highest BCUT2D eigenvalue weighted by molar-refractivity contribution is 6.21. The van der Waals surface area contributed by atoms with E-state index in [1.54, 1.807) is 47.4 Å². The average molecular weight is 465 g/mol. The van der Waals surface area contributed by atoms with Gasteiger partial charge in [0.05, 0.1) is 23.7 Å². The summed E-state index contributed by atoms with van der Waals surface area (Å²) in [6.45, 7) is 2.36. The highest BCUT2D eigenvalue weighted by Gasteiger charge is 2.35. The standard InChI is InChI=1S/C28H24N4O3/c29-18-25(21-8-2-1-3-9-21)30-13-15-31(16-14-30)26(33)22-10-6-7-20(17-22)19-32-27(34)23-11-4-5-12-24(23)28(32)35/h1-12,17,25H,13-16,19H2. The molecule has 3 amide bonds. The molecule has 0 aliphatic carbocycles. The van der Waals surface area contributed by atoms with Crippen LogP contribution >= 0.6 is 0 Å². The molecule has 1 atom stereocenters. The van der Waals surface area contributed by atoms with Crippen molar-refractivity contribution in [3.05, 3.63) is 107 Å². The van der Waals surface area contributed by atoms with Crippen LogP contribution in [0.5, 0.6) is 0 Å². The molecule has 0 radical (unpaired) electrons. The Hall–Kier alpha value is -4.28. The topological polar surface area (TPSA) is 84.7 Å². The van der Waals surface area contributed by atoms with Gasteiger partial charge in [0.1, 0.15) is 6.04 Å². The summed E-state index contributed by atoms with van der Waals surface area (Å²) in [4.78, 5) is 43.7. The Morgan fingerprint density at radius 3 is 2.09 bits per heavy atom. The molecule has 174 valence electrons. The number of rotatable bonds is 5. The van der Waals surface area contributed by atoms with Crippen molar-refractivity contribution < 1.29 is 14.4 Å². The lowest BCUT2D eigenvalue weighted by Crippen LogP contribution is -2.49. The van der Waals surface area contributed by atoms with Crippen molar-refractivity contribution in [3.8, 4) is 6.07 Å². The third-order valence-corrected chi connectivity index (χ3v) is 6.60. The lowest BCUT2D eigenvalue weighted by Gasteiger charge is -2.37. The number of piperazine rings is 1. The Morgan fingerprint density at radius 1 is 0.829 bits per heavy atom. The predicted molar refractivity (Wildman–Crippen MR) is 129 cm³/mol. The van der Waals surface area contributed by atoms with Gasteiger partial charge >= 0.3 is 0 Å². The molecule has 1 unspecified atom stereocenters. The molecule has 5 rings (SSSR count). The van der Waals surface area contributed by atoms with Gasteiger partial charge in [0.25, 0.3) is 17.7 Å². The fourth-order valence-corrected chi connectivity index (χ4v) is 4.74. The molecule has 0 aromatic heterocycles. The van der Waals surface area contributed by atoms with Crippen molar-refractivity contribution >= 4 is 17.7 Å². The van der Waals surface area contributed by atoms with Gasteiger partial charge in [-0.1, -0.05) is 54.6 Å². The number of hydrogen-bond acceptors (Lipinski definition) is 5. The first kappa shape index (κ1) is 22.5. The first-order valence-corrected chi connectivity index (χ1v) is 11.6. The minimum Gasteiger partial charge on any atom is -0.336 e. The second-order valence-corrected chi connectivity index (χ2v) is 8.71. The molecule has 3 aromatic carbocycles. The van der Waals surface area contributed by atoms with Crippen LogP contribution in [0.3, 0.4) is 0 Å². The SMILES string of the molecule is N#CC(c1ccccc1)N1CCN(C(=O)c2cccc(CN3C(=O)c4ccccc4C3=O)c2)CC1. The number of carbonyl (C=O) groups is 3. The molecule has 7 heteroatoms. The fourth-order valence-electron chi connectivity index (χ4n) is 4.74. The van der Waals surface area contributed by atoms with Gasteiger partial charge in [0, 0.05) is 31.7 Å². The Labute approximate surface area is 203 Å². The smallest absolute Gasteiger partial charge is 0.261 e. The Kier molecular flexibility index (Phi) is 6.13. The number of nitriles is 1. The third-order valence-electron chi connectivity index (χ3n) is 6.60. The summed E-state index contributed by atoms with van der Waals surface area (Å²) in [6.07, 6.45) is 0. The lowest BCUT2D eigenvalue weighted by atomic mass is 10.1. The predicted octanol–water partition coefficient (Wildman–Crippen LogP) is 3.51. The maximum Gasteiger partial charge on any atom is 0.261 e. The summed E-state index contributed by atoms with van der Waals surface area (Å²) in [6, 6.07) is 25.6. The van der Waals surface area contributed by atoms with E-state index in [4.69, 9.17) is 0 Å². The normalized spacial score (nSPS) is 16.7. The molecule has 35 heavy (non-hydrogen) atoms. The maximum absolute atomic E-state index is 13.2. The summed E-state index contributed by atoms with van der Waals surface area (Å²) in [5.41, 5.74) is 3.02. The molecule has 2 aliphatic heterocycles. The minimum absolute atomic E-state index is 0.0953. The van der Waals surface area contributed by atoms with Crippen molar-refractivity contribution in [1.29, 1.82) is 5.26 Å². The largest absolute Gasteiger partial charge is 0.336 e. The van der Waals surface area contributed by atoms with Crippen LogP contribution in [-0.2, 0) is 6.54 Å². The molecule has 0 spiro atoms. The van der Waals surface area contributed by atoms with Gasteiger partial charge < -0.3 is 4.90 Å². The quantitative estimate of drug-likeness (QED) is 0.540. The first-order valence-electron chi connectivity index (χ1n) is 11.6. The highest BCUT2D eigenvalue weighted by atomic mass is 16.2. The van der Waals surface area contributed by atoms with Crippen LogP contribution < -0.4 is 0 Å². The van der Waals surface area contributed by atoms with E-state index in [1.165, 1.54) is 4.90 Å². The monoisotopic (exact) mass is 464 g/mol. The first-order chi connectivity index (χ1) is 17.1. The van der Waals surface area contributed by atoms with E-state index in [9.17, 15) is 19.6 Å². The van der Waals surface area contributed by atoms with Crippen LogP contribution in [0.2, 0.25) is 0 Å². The zero-order valence-electron chi connectivity index (χ0n) is 19.1. The number of imide groups is 1. The lowest BCUT2D eigenvalue weighted by molar-refractivity contribution is 0.0605. The molecule has 2 aliphatic rings. The molecule has 7 nitrogen and oxygen atoms in total. The van der Waals surface area contributed by atoms with Gasteiger partial charge in [-0.15, -0.1) is 0 Å². The number of carbonyl (C=O) groups excluding carboxylic acids is 3. The highest BCUT2D eigenvalue weighted by Crippen LogP contribution is 2.25. The number of fused-ring (bicyclic) bond motifs is 1. The Morgan fingerprint density at radius 2 is 1.46 bits per heavy atom. The van der Waals surface area contributed by atoms with Gasteiger partial charge in [-0.2, -0.15) is 5.26 Å². The number of benzene rings is 3. The maximum atomic E-state index is 13.2. The summed E-state index contributed by atoms with van der Waals surface area (Å²) >= 11 is 0. The van der Waals surface area contributed by atoms with E-state index >= 15 is 0 Å². The van der Waals surface area contributed by atoms with Crippen molar-refractivity contribution in [2.24, 2.45) is 0 Å². The minimum atomic E-state index is -0.337. The van der Waals surface area contributed by atoms with Crippen LogP contribution in [0.25, 0.3) is 0 Å². The number of nitrogens with zero attached hydrogens (tertiary/aromatic N) is 4. The number of amides is 3. The van der Waals surface area contributed by atoms with Crippen molar-refractivity contribution in [2.45, 2.75) is 12.6 Å². The van der Waals surface area contributed by atoms with Crippen LogP contribution in [0.15, 0.2) is 78.9 Å².